The number of hydrogen-bond donors (Lipinski definition) is 1. The maximum atomic E-state index is 13.2. The molecular formula is C27H27F3N2O4S. The highest BCUT2D eigenvalue weighted by atomic mass is 32.1. The summed E-state index contributed by atoms with van der Waals surface area (Å²) in [5, 5.41) is 3.26. The maximum absolute atomic E-state index is 13.2. The van der Waals surface area contributed by atoms with Gasteiger partial charge < -0.3 is 29.2 Å². The van der Waals surface area contributed by atoms with E-state index in [0.717, 1.165) is 23.3 Å². The van der Waals surface area contributed by atoms with Gasteiger partial charge in [-0.1, -0.05) is 18.2 Å². The summed E-state index contributed by atoms with van der Waals surface area (Å²) in [7, 11) is 4.70. The molecule has 10 heteroatoms. The number of benzene rings is 3. The van der Waals surface area contributed by atoms with Gasteiger partial charge in [0.1, 0.15) is 6.61 Å². The lowest BCUT2D eigenvalue weighted by Gasteiger charge is -2.39. The Morgan fingerprint density at radius 1 is 0.919 bits per heavy atom. The van der Waals surface area contributed by atoms with Crippen LogP contribution in [0.1, 0.15) is 22.7 Å². The number of para-hydroxylation sites is 2. The van der Waals surface area contributed by atoms with Crippen molar-refractivity contribution in [1.82, 2.24) is 4.90 Å². The number of ether oxygens (including phenoxy) is 4. The van der Waals surface area contributed by atoms with Gasteiger partial charge in [-0.25, -0.2) is 0 Å². The molecule has 0 bridgehead atoms. The van der Waals surface area contributed by atoms with Crippen LogP contribution in [0.25, 0.3) is 0 Å². The largest absolute Gasteiger partial charge is 0.493 e. The van der Waals surface area contributed by atoms with Crippen LogP contribution in [0.4, 0.5) is 18.9 Å². The van der Waals surface area contributed by atoms with Crippen LogP contribution >= 0.6 is 12.2 Å². The average molecular weight is 533 g/mol. The van der Waals surface area contributed by atoms with E-state index in [1.807, 2.05) is 29.2 Å². The lowest BCUT2D eigenvalue weighted by atomic mass is 9.92. The number of nitrogens with zero attached hydrogens (tertiary/aromatic N) is 1. The number of hydrogen-bond acceptors (Lipinski definition) is 5. The minimum absolute atomic E-state index is 0.202. The fourth-order valence-corrected chi connectivity index (χ4v) is 4.66. The van der Waals surface area contributed by atoms with E-state index >= 15 is 0 Å². The Kier molecular flexibility index (Phi) is 7.97. The standard InChI is InChI=1S/C27H27F3N2O4S/c1-33-22-9-4-5-10-23(22)36-16-21-20-15-25(35-3)24(34-2)13-17(20)11-12-32(21)26(37)31-19-8-6-7-18(14-19)27(28,29)30/h4-10,13-15,21H,11-12,16H2,1-3H3,(H,31,37)/t21-/m1/s1. The fraction of sp³-hybridized carbons (Fsp3) is 0.296. The minimum atomic E-state index is -4.45. The van der Waals surface area contributed by atoms with E-state index in [9.17, 15) is 13.2 Å². The van der Waals surface area contributed by atoms with Crippen LogP contribution in [0, 0.1) is 0 Å². The smallest absolute Gasteiger partial charge is 0.416 e. The number of methoxy groups -OCH3 is 3. The van der Waals surface area contributed by atoms with Crippen molar-refractivity contribution >= 4 is 23.0 Å². The summed E-state index contributed by atoms with van der Waals surface area (Å²) in [4.78, 5) is 1.92. The Hall–Kier alpha value is -3.66. The monoisotopic (exact) mass is 532 g/mol. The van der Waals surface area contributed by atoms with E-state index in [4.69, 9.17) is 31.2 Å². The molecule has 0 saturated heterocycles. The number of thiocarbonyl (C=S) groups is 1. The quantitative estimate of drug-likeness (QED) is 0.369. The van der Waals surface area contributed by atoms with E-state index < -0.39 is 11.7 Å². The number of alkyl halides is 3. The first-order chi connectivity index (χ1) is 17.7. The summed E-state index contributed by atoms with van der Waals surface area (Å²) in [6.45, 7) is 0.723. The van der Waals surface area contributed by atoms with Crippen molar-refractivity contribution in [3.8, 4) is 23.0 Å². The molecule has 3 aromatic carbocycles. The lowest BCUT2D eigenvalue weighted by Crippen LogP contribution is -2.44. The number of nitrogens with one attached hydrogen (secondary N) is 1. The first-order valence-electron chi connectivity index (χ1n) is 11.5. The molecule has 1 aliphatic heterocycles. The summed E-state index contributed by atoms with van der Waals surface area (Å²) in [6.07, 6.45) is -3.81. The van der Waals surface area contributed by atoms with Gasteiger partial charge in [-0.05, 0) is 72.2 Å². The molecule has 1 N–H and O–H groups in total. The molecular weight excluding hydrogens is 505 g/mol. The second-order valence-corrected chi connectivity index (χ2v) is 8.72. The highest BCUT2D eigenvalue weighted by molar-refractivity contribution is 7.80. The van der Waals surface area contributed by atoms with E-state index in [1.165, 1.54) is 6.07 Å². The van der Waals surface area contributed by atoms with Gasteiger partial charge in [-0.2, -0.15) is 13.2 Å². The van der Waals surface area contributed by atoms with Crippen molar-refractivity contribution in [3.05, 3.63) is 77.4 Å². The molecule has 0 saturated carbocycles. The third-order valence-corrected chi connectivity index (χ3v) is 6.51. The topological polar surface area (TPSA) is 52.2 Å². The molecule has 0 amide bonds. The number of fused-ring (bicyclic) bond motifs is 1. The average Bonchev–Trinajstić information content (AvgIpc) is 2.90. The Bertz CT molecular complexity index is 1270. The van der Waals surface area contributed by atoms with Crippen molar-refractivity contribution in [1.29, 1.82) is 0 Å². The molecule has 1 heterocycles. The van der Waals surface area contributed by atoms with Gasteiger partial charge in [0.15, 0.2) is 28.1 Å². The Labute approximate surface area is 218 Å². The summed E-state index contributed by atoms with van der Waals surface area (Å²) in [5.74, 6) is 2.32. The van der Waals surface area contributed by atoms with Crippen LogP contribution in [0.2, 0.25) is 0 Å². The highest BCUT2D eigenvalue weighted by Crippen LogP contribution is 2.39. The van der Waals surface area contributed by atoms with Gasteiger partial charge in [0.2, 0.25) is 0 Å². The second-order valence-electron chi connectivity index (χ2n) is 8.34. The summed E-state index contributed by atoms with van der Waals surface area (Å²) < 4.78 is 62.3. The Balaban J connectivity index is 1.66. The van der Waals surface area contributed by atoms with Gasteiger partial charge in [0, 0.05) is 12.2 Å². The highest BCUT2D eigenvalue weighted by Gasteiger charge is 2.33. The molecule has 196 valence electrons. The van der Waals surface area contributed by atoms with Crippen LogP contribution in [0.5, 0.6) is 23.0 Å². The van der Waals surface area contributed by atoms with E-state index in [2.05, 4.69) is 5.32 Å². The van der Waals surface area contributed by atoms with Crippen LogP contribution in [0.3, 0.4) is 0 Å². The van der Waals surface area contributed by atoms with Crippen LogP contribution in [-0.4, -0.2) is 44.5 Å². The lowest BCUT2D eigenvalue weighted by molar-refractivity contribution is -0.137. The molecule has 1 aliphatic rings. The third kappa shape index (κ3) is 5.85. The minimum Gasteiger partial charge on any atom is -0.493 e. The molecule has 0 aliphatic carbocycles. The first-order valence-corrected chi connectivity index (χ1v) is 11.9. The zero-order valence-electron chi connectivity index (χ0n) is 20.6. The van der Waals surface area contributed by atoms with Gasteiger partial charge in [-0.3, -0.25) is 0 Å². The molecule has 0 radical (unpaired) electrons. The molecule has 1 atom stereocenters. The normalized spacial score (nSPS) is 15.0. The maximum Gasteiger partial charge on any atom is 0.416 e. The number of rotatable bonds is 7. The molecule has 0 aromatic heterocycles. The predicted octanol–water partition coefficient (Wildman–Crippen LogP) is 6.11. The van der Waals surface area contributed by atoms with Gasteiger partial charge >= 0.3 is 6.18 Å². The van der Waals surface area contributed by atoms with E-state index in [0.29, 0.717) is 36.0 Å². The van der Waals surface area contributed by atoms with Crippen molar-refractivity contribution in [3.63, 3.8) is 0 Å². The molecule has 37 heavy (non-hydrogen) atoms. The molecule has 6 nitrogen and oxygen atoms in total. The van der Waals surface area contributed by atoms with Gasteiger partial charge in [-0.15, -0.1) is 0 Å². The van der Waals surface area contributed by atoms with Crippen molar-refractivity contribution in [2.75, 3.05) is 39.8 Å². The zero-order chi connectivity index (χ0) is 26.6. The first kappa shape index (κ1) is 26.4. The van der Waals surface area contributed by atoms with Crippen LogP contribution < -0.4 is 24.3 Å². The van der Waals surface area contributed by atoms with Gasteiger partial charge in [0.05, 0.1) is 32.9 Å². The molecule has 3 aromatic rings. The molecule has 0 unspecified atom stereocenters. The second kappa shape index (κ2) is 11.2. The van der Waals surface area contributed by atoms with Crippen molar-refractivity contribution in [2.24, 2.45) is 0 Å². The van der Waals surface area contributed by atoms with Gasteiger partial charge in [0.25, 0.3) is 0 Å². The Morgan fingerprint density at radius 3 is 2.27 bits per heavy atom. The fourth-order valence-electron chi connectivity index (χ4n) is 4.33. The van der Waals surface area contributed by atoms with E-state index in [1.54, 1.807) is 39.5 Å². The van der Waals surface area contributed by atoms with Crippen LogP contribution in [-0.2, 0) is 12.6 Å². The zero-order valence-corrected chi connectivity index (χ0v) is 21.4. The van der Waals surface area contributed by atoms with Crippen molar-refractivity contribution < 1.29 is 32.1 Å². The summed E-state index contributed by atoms with van der Waals surface area (Å²) in [5.41, 5.74) is 1.47. The molecule has 0 spiro atoms. The number of anilines is 1. The summed E-state index contributed by atoms with van der Waals surface area (Å²) in [6, 6.07) is 15.7. The van der Waals surface area contributed by atoms with Crippen LogP contribution in [0.15, 0.2) is 60.7 Å². The predicted molar refractivity (Wildman–Crippen MR) is 139 cm³/mol. The molecule has 4 rings (SSSR count). The third-order valence-electron chi connectivity index (χ3n) is 6.17. The summed E-state index contributed by atoms with van der Waals surface area (Å²) >= 11 is 5.69. The Morgan fingerprint density at radius 2 is 1.59 bits per heavy atom. The van der Waals surface area contributed by atoms with Crippen molar-refractivity contribution in [2.45, 2.75) is 18.6 Å². The number of halogens is 3. The SMILES string of the molecule is COc1cc2c(cc1OC)[C@@H](COc1ccccc1OC)N(C(=S)Nc1cccc(C(F)(F)F)c1)CC2. The molecule has 0 fully saturated rings. The van der Waals surface area contributed by atoms with E-state index in [-0.39, 0.29) is 23.4 Å².